The zero-order chi connectivity index (χ0) is 22.7. The number of hydrogen-bond acceptors (Lipinski definition) is 7. The molecular formula is C23H28N4O5. The van der Waals surface area contributed by atoms with Crippen molar-refractivity contribution in [3.8, 4) is 5.75 Å². The number of aliphatic hydroxyl groups excluding tert-OH is 1. The van der Waals surface area contributed by atoms with Gasteiger partial charge in [0.15, 0.2) is 0 Å². The normalized spacial score (nSPS) is 19.2. The van der Waals surface area contributed by atoms with Crippen molar-refractivity contribution in [2.45, 2.75) is 38.0 Å². The van der Waals surface area contributed by atoms with Gasteiger partial charge < -0.3 is 15.5 Å². The molecule has 0 aromatic heterocycles. The van der Waals surface area contributed by atoms with Crippen LogP contribution in [0.15, 0.2) is 48.5 Å². The molecule has 3 atom stereocenters. The molecule has 0 spiro atoms. The second kappa shape index (κ2) is 9.56. The van der Waals surface area contributed by atoms with Crippen molar-refractivity contribution in [1.82, 2.24) is 16.2 Å². The van der Waals surface area contributed by atoms with Crippen LogP contribution in [-0.4, -0.2) is 46.0 Å². The summed E-state index contributed by atoms with van der Waals surface area (Å²) in [5, 5.41) is 34.2. The number of rotatable bonds is 9. The first-order valence-corrected chi connectivity index (χ1v) is 10.8. The van der Waals surface area contributed by atoms with Crippen LogP contribution >= 0.6 is 0 Å². The van der Waals surface area contributed by atoms with Crippen molar-refractivity contribution < 1.29 is 25.0 Å². The van der Waals surface area contributed by atoms with Crippen LogP contribution in [0.2, 0.25) is 0 Å². The number of hydrogen-bond donors (Lipinski definition) is 6. The summed E-state index contributed by atoms with van der Waals surface area (Å²) in [7, 11) is 0. The molecule has 1 heterocycles. The monoisotopic (exact) mass is 440 g/mol. The molecule has 0 unspecified atom stereocenters. The average Bonchev–Trinajstić information content (AvgIpc) is 3.56. The van der Waals surface area contributed by atoms with Gasteiger partial charge in [0.05, 0.1) is 11.6 Å². The predicted octanol–water partition coefficient (Wildman–Crippen LogP) is 0.837. The van der Waals surface area contributed by atoms with Gasteiger partial charge in [-0.15, -0.1) is 0 Å². The van der Waals surface area contributed by atoms with Gasteiger partial charge in [0.2, 0.25) is 5.91 Å². The summed E-state index contributed by atoms with van der Waals surface area (Å²) < 4.78 is 0. The lowest BCUT2D eigenvalue weighted by atomic mass is 9.90. The minimum absolute atomic E-state index is 0.0552. The fourth-order valence-corrected chi connectivity index (χ4v) is 4.11. The maximum Gasteiger partial charge on any atom is 0.261 e. The van der Waals surface area contributed by atoms with Crippen LogP contribution in [0.5, 0.6) is 5.75 Å². The Bertz CT molecular complexity index is 980. The molecule has 1 aliphatic heterocycles. The Kier molecular flexibility index (Phi) is 6.59. The van der Waals surface area contributed by atoms with Gasteiger partial charge in [-0.3, -0.25) is 25.2 Å². The number of benzene rings is 2. The Morgan fingerprint density at radius 3 is 2.59 bits per heavy atom. The number of fused-ring (bicyclic) bond motifs is 1. The summed E-state index contributed by atoms with van der Waals surface area (Å²) in [6.45, 7) is 0.553. The second-order valence-corrected chi connectivity index (χ2v) is 8.45. The van der Waals surface area contributed by atoms with Crippen molar-refractivity contribution in [2.75, 3.05) is 11.6 Å². The van der Waals surface area contributed by atoms with E-state index in [4.69, 9.17) is 0 Å². The molecule has 2 amide bonds. The highest BCUT2D eigenvalue weighted by molar-refractivity contribution is 5.90. The number of nitrogens with zero attached hydrogens (tertiary/aromatic N) is 1. The van der Waals surface area contributed by atoms with E-state index in [1.165, 1.54) is 17.1 Å². The number of para-hydroxylation sites is 1. The van der Waals surface area contributed by atoms with E-state index >= 15 is 0 Å². The minimum atomic E-state index is -1.00. The molecule has 6 N–H and O–H groups in total. The van der Waals surface area contributed by atoms with Crippen LogP contribution in [0.1, 0.15) is 24.0 Å². The maximum atomic E-state index is 13.4. The molecule has 2 aromatic rings. The van der Waals surface area contributed by atoms with E-state index in [0.29, 0.717) is 30.1 Å². The Hall–Kier alpha value is -3.14. The van der Waals surface area contributed by atoms with Crippen LogP contribution < -0.4 is 21.2 Å². The van der Waals surface area contributed by atoms with Crippen LogP contribution in [0.4, 0.5) is 5.69 Å². The third kappa shape index (κ3) is 5.01. The third-order valence-electron chi connectivity index (χ3n) is 6.00. The van der Waals surface area contributed by atoms with Gasteiger partial charge in [-0.2, -0.15) is 0 Å². The molecule has 4 rings (SSSR count). The van der Waals surface area contributed by atoms with Gasteiger partial charge in [-0.1, -0.05) is 30.3 Å². The maximum absolute atomic E-state index is 13.4. The average molecular weight is 441 g/mol. The van der Waals surface area contributed by atoms with Gasteiger partial charge in [0.25, 0.3) is 5.91 Å². The highest BCUT2D eigenvalue weighted by atomic mass is 16.5. The largest absolute Gasteiger partial charge is 0.508 e. The van der Waals surface area contributed by atoms with E-state index in [9.17, 15) is 25.0 Å². The fourth-order valence-electron chi connectivity index (χ4n) is 4.11. The number of carbonyl (C=O) groups excluding carboxylic acids is 2. The predicted molar refractivity (Wildman–Crippen MR) is 117 cm³/mol. The number of phenolic OH excluding ortho intramolecular Hbond substituents is 1. The summed E-state index contributed by atoms with van der Waals surface area (Å²) in [4.78, 5) is 26.0. The summed E-state index contributed by atoms with van der Waals surface area (Å²) in [5.41, 5.74) is 6.69. The highest BCUT2D eigenvalue weighted by Gasteiger charge is 2.38. The number of carbonyl (C=O) groups is 2. The van der Waals surface area contributed by atoms with Gasteiger partial charge in [0.1, 0.15) is 18.0 Å². The lowest BCUT2D eigenvalue weighted by molar-refractivity contribution is -0.137. The lowest BCUT2D eigenvalue weighted by Crippen LogP contribution is -2.57. The second-order valence-electron chi connectivity index (χ2n) is 8.45. The number of aromatic hydroxyl groups is 1. The molecule has 0 saturated heterocycles. The van der Waals surface area contributed by atoms with Crippen LogP contribution in [0.25, 0.3) is 0 Å². The number of anilines is 1. The Labute approximate surface area is 186 Å². The quantitative estimate of drug-likeness (QED) is 0.251. The minimum Gasteiger partial charge on any atom is -0.508 e. The number of hydroxylamine groups is 1. The zero-order valence-electron chi connectivity index (χ0n) is 17.6. The van der Waals surface area contributed by atoms with E-state index in [2.05, 4.69) is 10.7 Å². The molecule has 9 heteroatoms. The first kappa shape index (κ1) is 22.1. The summed E-state index contributed by atoms with van der Waals surface area (Å²) >= 11 is 0. The van der Waals surface area contributed by atoms with Gasteiger partial charge in [0, 0.05) is 6.42 Å². The third-order valence-corrected chi connectivity index (χ3v) is 6.00. The molecule has 9 nitrogen and oxygen atoms in total. The number of hydrazine groups is 1. The van der Waals surface area contributed by atoms with Gasteiger partial charge in [-0.05, 0) is 61.1 Å². The number of amides is 2. The van der Waals surface area contributed by atoms with E-state index in [1.807, 2.05) is 18.2 Å². The van der Waals surface area contributed by atoms with Crippen LogP contribution in [-0.2, 0) is 22.4 Å². The van der Waals surface area contributed by atoms with Crippen molar-refractivity contribution in [3.63, 3.8) is 0 Å². The highest BCUT2D eigenvalue weighted by Crippen LogP contribution is 2.30. The standard InChI is InChI=1S/C23H28N4O5/c28-17-6-3-4-15(10-17)11-18(21(23(31)26-32)24-13-14-8-9-14)22(30)25-27-19-7-2-1-5-16(19)12-20(27)29/h1-7,10,14,18,20-21,24,28-29,32H,8-9,11-13H2,(H,25,30)(H,26,31)/t18-,20-,21+/m1/s1. The van der Waals surface area contributed by atoms with Gasteiger partial charge >= 0.3 is 0 Å². The number of aliphatic hydroxyl groups is 1. The van der Waals surface area contributed by atoms with E-state index < -0.39 is 30.0 Å². The number of phenols is 1. The lowest BCUT2D eigenvalue weighted by Gasteiger charge is -2.30. The molecule has 1 fully saturated rings. The first-order chi connectivity index (χ1) is 15.5. The molecule has 1 saturated carbocycles. The first-order valence-electron chi connectivity index (χ1n) is 10.8. The molecule has 2 aliphatic rings. The van der Waals surface area contributed by atoms with Crippen molar-refractivity contribution in [2.24, 2.45) is 11.8 Å². The van der Waals surface area contributed by atoms with Crippen molar-refractivity contribution in [1.29, 1.82) is 0 Å². The Morgan fingerprint density at radius 1 is 1.09 bits per heavy atom. The van der Waals surface area contributed by atoms with Crippen LogP contribution in [0.3, 0.4) is 0 Å². The van der Waals surface area contributed by atoms with E-state index in [-0.39, 0.29) is 12.2 Å². The molecular weight excluding hydrogens is 412 g/mol. The van der Waals surface area contributed by atoms with Crippen LogP contribution in [0, 0.1) is 11.8 Å². The topological polar surface area (TPSA) is 134 Å². The molecule has 1 aliphatic carbocycles. The Morgan fingerprint density at radius 2 is 1.88 bits per heavy atom. The SMILES string of the molecule is O=C(NO)[C@@H](NCC1CC1)[C@@H](Cc1cccc(O)c1)C(=O)NN1c2ccccc2C[C@H]1O. The van der Waals surface area contributed by atoms with Crippen molar-refractivity contribution >= 4 is 17.5 Å². The molecule has 170 valence electrons. The van der Waals surface area contributed by atoms with Crippen molar-refractivity contribution in [3.05, 3.63) is 59.7 Å². The molecule has 0 bridgehead atoms. The molecule has 32 heavy (non-hydrogen) atoms. The van der Waals surface area contributed by atoms with E-state index in [1.54, 1.807) is 23.7 Å². The smallest absolute Gasteiger partial charge is 0.261 e. The molecule has 0 radical (unpaired) electrons. The van der Waals surface area contributed by atoms with E-state index in [0.717, 1.165) is 18.4 Å². The van der Waals surface area contributed by atoms with Gasteiger partial charge in [-0.25, -0.2) is 5.48 Å². The Balaban J connectivity index is 1.59. The zero-order valence-corrected chi connectivity index (χ0v) is 17.6. The summed E-state index contributed by atoms with van der Waals surface area (Å²) in [6, 6.07) is 12.9. The summed E-state index contributed by atoms with van der Waals surface area (Å²) in [5.74, 6) is -1.61. The molecule has 2 aromatic carbocycles. The summed E-state index contributed by atoms with van der Waals surface area (Å²) in [6.07, 6.45) is 1.69. The fraction of sp³-hybridized carbons (Fsp3) is 0.391. The number of nitrogens with one attached hydrogen (secondary N) is 3.